The molecule has 2 aromatic carbocycles. The zero-order valence-corrected chi connectivity index (χ0v) is 13.8. The molecule has 0 aliphatic carbocycles. The van der Waals surface area contributed by atoms with Crippen molar-refractivity contribution in [2.75, 3.05) is 7.11 Å². The van der Waals surface area contributed by atoms with Crippen molar-refractivity contribution in [3.63, 3.8) is 0 Å². The fourth-order valence-electron chi connectivity index (χ4n) is 2.79. The molecule has 124 valence electrons. The fourth-order valence-corrected chi connectivity index (χ4v) is 2.79. The van der Waals surface area contributed by atoms with Crippen LogP contribution in [-0.4, -0.2) is 13.1 Å². The average Bonchev–Trinajstić information content (AvgIpc) is 3.04. The van der Waals surface area contributed by atoms with Crippen LogP contribution in [0.3, 0.4) is 0 Å². The molecule has 0 N–H and O–H groups in total. The summed E-state index contributed by atoms with van der Waals surface area (Å²) in [5.41, 5.74) is 2.67. The maximum absolute atomic E-state index is 11.9. The summed E-state index contributed by atoms with van der Waals surface area (Å²) >= 11 is 0. The van der Waals surface area contributed by atoms with Gasteiger partial charge in [-0.15, -0.1) is 0 Å². The van der Waals surface area contributed by atoms with Crippen LogP contribution in [0.2, 0.25) is 0 Å². The molecule has 4 nitrogen and oxygen atoms in total. The van der Waals surface area contributed by atoms with Gasteiger partial charge < -0.3 is 13.9 Å². The molecule has 1 heterocycles. The van der Waals surface area contributed by atoms with Crippen molar-refractivity contribution in [1.82, 2.24) is 0 Å². The third-order valence-electron chi connectivity index (χ3n) is 4.09. The van der Waals surface area contributed by atoms with E-state index < -0.39 is 0 Å². The highest BCUT2D eigenvalue weighted by Gasteiger charge is 2.23. The number of methoxy groups -OCH3 is 1. The molecule has 1 aromatic heterocycles. The summed E-state index contributed by atoms with van der Waals surface area (Å²) in [7, 11) is 1.41. The smallest absolute Gasteiger partial charge is 0.313 e. The molecule has 24 heavy (non-hydrogen) atoms. The molecule has 0 fully saturated rings. The van der Waals surface area contributed by atoms with Gasteiger partial charge in [-0.1, -0.05) is 37.3 Å². The van der Waals surface area contributed by atoms with E-state index in [0.717, 1.165) is 22.3 Å². The quantitative estimate of drug-likeness (QED) is 0.618. The van der Waals surface area contributed by atoms with Gasteiger partial charge >= 0.3 is 5.97 Å². The Morgan fingerprint density at radius 1 is 1.17 bits per heavy atom. The van der Waals surface area contributed by atoms with Gasteiger partial charge in [0.05, 0.1) is 19.3 Å². The highest BCUT2D eigenvalue weighted by molar-refractivity contribution is 5.89. The molecular weight excluding hydrogens is 304 g/mol. The van der Waals surface area contributed by atoms with Crippen LogP contribution in [0.1, 0.15) is 30.4 Å². The van der Waals surface area contributed by atoms with Gasteiger partial charge in [-0.05, 0) is 24.1 Å². The zero-order chi connectivity index (χ0) is 16.9. The minimum Gasteiger partial charge on any atom is -0.489 e. The van der Waals surface area contributed by atoms with Crippen molar-refractivity contribution in [3.8, 4) is 5.75 Å². The number of fused-ring (bicyclic) bond motifs is 1. The minimum atomic E-state index is -0.313. The number of ether oxygens (including phenoxy) is 2. The number of carbonyl (C=O) groups excluding carboxylic acids is 1. The van der Waals surface area contributed by atoms with Gasteiger partial charge in [-0.3, -0.25) is 4.79 Å². The van der Waals surface area contributed by atoms with Gasteiger partial charge in [0.15, 0.2) is 0 Å². The third kappa shape index (κ3) is 3.27. The van der Waals surface area contributed by atoms with E-state index in [1.165, 1.54) is 7.11 Å². The maximum Gasteiger partial charge on any atom is 0.313 e. The first-order chi connectivity index (χ1) is 11.7. The molecule has 1 atom stereocenters. The average molecular weight is 324 g/mol. The molecule has 3 rings (SSSR count). The minimum absolute atomic E-state index is 0.246. The predicted molar refractivity (Wildman–Crippen MR) is 92.0 cm³/mol. The molecule has 0 amide bonds. The second-order valence-corrected chi connectivity index (χ2v) is 5.61. The lowest BCUT2D eigenvalue weighted by molar-refractivity contribution is -0.142. The van der Waals surface area contributed by atoms with Crippen LogP contribution in [0.4, 0.5) is 0 Å². The number of rotatable bonds is 6. The van der Waals surface area contributed by atoms with Crippen LogP contribution in [0.5, 0.6) is 5.75 Å². The molecule has 0 aliphatic rings. The van der Waals surface area contributed by atoms with Crippen molar-refractivity contribution in [3.05, 3.63) is 65.9 Å². The molecule has 0 saturated carbocycles. The fraction of sp³-hybridized carbons (Fsp3) is 0.250. The topological polar surface area (TPSA) is 48.7 Å². The van der Waals surface area contributed by atoms with Crippen molar-refractivity contribution in [2.45, 2.75) is 25.9 Å². The maximum atomic E-state index is 11.9. The number of esters is 1. The van der Waals surface area contributed by atoms with Crippen molar-refractivity contribution < 1.29 is 18.7 Å². The van der Waals surface area contributed by atoms with Gasteiger partial charge in [0.1, 0.15) is 17.9 Å². The first-order valence-electron chi connectivity index (χ1n) is 7.98. The second-order valence-electron chi connectivity index (χ2n) is 5.61. The van der Waals surface area contributed by atoms with E-state index >= 15 is 0 Å². The lowest BCUT2D eigenvalue weighted by atomic mass is 9.96. The van der Waals surface area contributed by atoms with Crippen LogP contribution in [0, 0.1) is 0 Å². The largest absolute Gasteiger partial charge is 0.489 e. The summed E-state index contributed by atoms with van der Waals surface area (Å²) in [6.45, 7) is 2.46. The number of furan rings is 1. The van der Waals surface area contributed by atoms with Crippen LogP contribution in [0.15, 0.2) is 59.2 Å². The Bertz CT molecular complexity index is 820. The van der Waals surface area contributed by atoms with E-state index in [4.69, 9.17) is 13.9 Å². The molecule has 4 heteroatoms. The summed E-state index contributed by atoms with van der Waals surface area (Å²) in [4.78, 5) is 11.9. The number of hydrogen-bond acceptors (Lipinski definition) is 4. The summed E-state index contributed by atoms with van der Waals surface area (Å²) in [5.74, 6) is 0.176. The first-order valence-corrected chi connectivity index (χ1v) is 7.98. The second kappa shape index (κ2) is 7.21. The number of carbonyl (C=O) groups is 1. The zero-order valence-electron chi connectivity index (χ0n) is 13.8. The molecule has 0 radical (unpaired) electrons. The molecule has 0 saturated heterocycles. The van der Waals surface area contributed by atoms with Gasteiger partial charge in [-0.2, -0.15) is 0 Å². The van der Waals surface area contributed by atoms with Gasteiger partial charge in [0.2, 0.25) is 0 Å². The Kier molecular flexibility index (Phi) is 4.85. The van der Waals surface area contributed by atoms with Crippen molar-refractivity contribution in [2.24, 2.45) is 0 Å². The van der Waals surface area contributed by atoms with E-state index in [1.54, 1.807) is 6.26 Å². The predicted octanol–water partition coefficient (Wildman–Crippen LogP) is 4.68. The Labute approximate surface area is 141 Å². The van der Waals surface area contributed by atoms with Gasteiger partial charge in [-0.25, -0.2) is 0 Å². The van der Waals surface area contributed by atoms with Gasteiger partial charge in [0, 0.05) is 17.0 Å². The van der Waals surface area contributed by atoms with Crippen LogP contribution >= 0.6 is 0 Å². The highest BCUT2D eigenvalue weighted by Crippen LogP contribution is 2.32. The third-order valence-corrected chi connectivity index (χ3v) is 4.09. The SMILES string of the molecule is CCC(C(=O)OC)c1coc2cc(OCc3ccccc3)ccc12. The molecule has 0 aliphatic heterocycles. The van der Waals surface area contributed by atoms with Crippen molar-refractivity contribution in [1.29, 1.82) is 0 Å². The van der Waals surface area contributed by atoms with E-state index in [9.17, 15) is 4.79 Å². The van der Waals surface area contributed by atoms with Crippen LogP contribution in [0.25, 0.3) is 11.0 Å². The number of hydrogen-bond donors (Lipinski definition) is 0. The summed E-state index contributed by atoms with van der Waals surface area (Å²) < 4.78 is 16.3. The Morgan fingerprint density at radius 2 is 1.96 bits per heavy atom. The van der Waals surface area contributed by atoms with E-state index in [1.807, 2.05) is 55.5 Å². The van der Waals surface area contributed by atoms with Crippen LogP contribution in [-0.2, 0) is 16.1 Å². The summed E-state index contributed by atoms with van der Waals surface area (Å²) in [5, 5.41) is 0.916. The summed E-state index contributed by atoms with van der Waals surface area (Å²) in [6.07, 6.45) is 2.30. The molecule has 0 spiro atoms. The summed E-state index contributed by atoms with van der Waals surface area (Å²) in [6, 6.07) is 15.7. The monoisotopic (exact) mass is 324 g/mol. The highest BCUT2D eigenvalue weighted by atomic mass is 16.5. The van der Waals surface area contributed by atoms with E-state index in [-0.39, 0.29) is 11.9 Å². The van der Waals surface area contributed by atoms with E-state index in [2.05, 4.69) is 0 Å². The Balaban J connectivity index is 1.81. The van der Waals surface area contributed by atoms with Gasteiger partial charge in [0.25, 0.3) is 0 Å². The van der Waals surface area contributed by atoms with E-state index in [0.29, 0.717) is 18.6 Å². The molecule has 3 aromatic rings. The van der Waals surface area contributed by atoms with Crippen LogP contribution < -0.4 is 4.74 Å². The lowest BCUT2D eigenvalue weighted by Gasteiger charge is -2.11. The first kappa shape index (κ1) is 16.1. The van der Waals surface area contributed by atoms with Crippen molar-refractivity contribution >= 4 is 16.9 Å². The Hall–Kier alpha value is -2.75. The molecule has 1 unspecified atom stereocenters. The molecular formula is C20H20O4. The number of benzene rings is 2. The molecule has 0 bridgehead atoms. The lowest BCUT2D eigenvalue weighted by Crippen LogP contribution is -2.12. The normalized spacial score (nSPS) is 12.1. The standard InChI is InChI=1S/C20H20O4/c1-3-16(20(21)22-2)18-13-24-19-11-15(9-10-17(18)19)23-12-14-7-5-4-6-8-14/h4-11,13,16H,3,12H2,1-2H3. The Morgan fingerprint density at radius 3 is 2.67 bits per heavy atom.